The van der Waals surface area contributed by atoms with Crippen molar-refractivity contribution in [2.45, 2.75) is 19.6 Å². The Hall–Kier alpha value is -2.66. The molecule has 1 amide bonds. The fourth-order valence-electron chi connectivity index (χ4n) is 2.47. The van der Waals surface area contributed by atoms with Crippen molar-refractivity contribution in [3.63, 3.8) is 0 Å². The van der Waals surface area contributed by atoms with Gasteiger partial charge in [-0.25, -0.2) is 4.98 Å². The lowest BCUT2D eigenvalue weighted by Gasteiger charge is -2.08. The summed E-state index contributed by atoms with van der Waals surface area (Å²) in [5.41, 5.74) is 3.48. The molecular formula is C17H17N3O2. The van der Waals surface area contributed by atoms with E-state index in [1.54, 1.807) is 6.20 Å². The Morgan fingerprint density at radius 3 is 2.77 bits per heavy atom. The topological polar surface area (TPSA) is 78.0 Å². The fourth-order valence-corrected chi connectivity index (χ4v) is 2.47. The molecule has 5 heteroatoms. The van der Waals surface area contributed by atoms with Gasteiger partial charge in [0.15, 0.2) is 0 Å². The summed E-state index contributed by atoms with van der Waals surface area (Å²) in [6, 6.07) is 11.3. The molecule has 0 saturated heterocycles. The van der Waals surface area contributed by atoms with Crippen LogP contribution in [-0.2, 0) is 24.4 Å². The van der Waals surface area contributed by atoms with E-state index in [0.29, 0.717) is 13.0 Å². The number of amides is 1. The number of pyridine rings is 1. The summed E-state index contributed by atoms with van der Waals surface area (Å²) >= 11 is 0. The molecule has 0 bridgehead atoms. The third kappa shape index (κ3) is 2.99. The van der Waals surface area contributed by atoms with Crippen molar-refractivity contribution in [1.29, 1.82) is 0 Å². The Morgan fingerprint density at radius 1 is 1.14 bits per heavy atom. The number of aliphatic hydroxyl groups is 1. The molecule has 2 aromatic heterocycles. The first-order valence-corrected chi connectivity index (χ1v) is 7.13. The van der Waals surface area contributed by atoms with Crippen molar-refractivity contribution in [1.82, 2.24) is 15.3 Å². The molecule has 1 aromatic carbocycles. The maximum atomic E-state index is 12.1. The number of rotatable bonds is 5. The normalized spacial score (nSPS) is 10.8. The van der Waals surface area contributed by atoms with Gasteiger partial charge in [0.2, 0.25) is 5.91 Å². The van der Waals surface area contributed by atoms with Crippen LogP contribution in [0.4, 0.5) is 0 Å². The zero-order chi connectivity index (χ0) is 15.4. The zero-order valence-electron chi connectivity index (χ0n) is 12.0. The molecule has 0 unspecified atom stereocenters. The number of H-pyrrole nitrogens is 1. The predicted octanol–water partition coefficient (Wildman–Crippen LogP) is 1.91. The van der Waals surface area contributed by atoms with Gasteiger partial charge in [-0.05, 0) is 28.8 Å². The lowest BCUT2D eigenvalue weighted by Crippen LogP contribution is -2.25. The second kappa shape index (κ2) is 6.41. The summed E-state index contributed by atoms with van der Waals surface area (Å²) < 4.78 is 0. The number of carbonyl (C=O) groups excluding carboxylic acids is 1. The van der Waals surface area contributed by atoms with E-state index in [1.807, 2.05) is 42.6 Å². The molecule has 0 spiro atoms. The number of hydrogen-bond acceptors (Lipinski definition) is 3. The van der Waals surface area contributed by atoms with Crippen LogP contribution in [0.1, 0.15) is 16.7 Å². The average molecular weight is 295 g/mol. The third-order valence-electron chi connectivity index (χ3n) is 3.65. The van der Waals surface area contributed by atoms with Gasteiger partial charge in [0.05, 0.1) is 13.0 Å². The molecule has 0 saturated carbocycles. The maximum absolute atomic E-state index is 12.1. The number of aromatic nitrogens is 2. The largest absolute Gasteiger partial charge is 0.392 e. The quantitative estimate of drug-likeness (QED) is 0.673. The van der Waals surface area contributed by atoms with E-state index in [9.17, 15) is 9.90 Å². The first kappa shape index (κ1) is 14.3. The van der Waals surface area contributed by atoms with Crippen LogP contribution in [-0.4, -0.2) is 21.0 Å². The zero-order valence-corrected chi connectivity index (χ0v) is 12.0. The van der Waals surface area contributed by atoms with Gasteiger partial charge in [-0.15, -0.1) is 0 Å². The van der Waals surface area contributed by atoms with E-state index < -0.39 is 0 Å². The van der Waals surface area contributed by atoms with Crippen LogP contribution in [0.3, 0.4) is 0 Å². The number of fused-ring (bicyclic) bond motifs is 1. The molecule has 22 heavy (non-hydrogen) atoms. The standard InChI is InChI=1S/C17H17N3O2/c21-11-13-5-2-1-4-12(13)9-19-16(22)8-14-10-20-17-15(14)6-3-7-18-17/h1-7,10,21H,8-9,11H2,(H,18,20)(H,19,22). The van der Waals surface area contributed by atoms with Crippen LogP contribution in [0.25, 0.3) is 11.0 Å². The number of hydrogen-bond donors (Lipinski definition) is 3. The smallest absolute Gasteiger partial charge is 0.224 e. The average Bonchev–Trinajstić information content (AvgIpc) is 2.96. The van der Waals surface area contributed by atoms with Gasteiger partial charge >= 0.3 is 0 Å². The highest BCUT2D eigenvalue weighted by Crippen LogP contribution is 2.16. The van der Waals surface area contributed by atoms with Crippen molar-refractivity contribution in [3.8, 4) is 0 Å². The predicted molar refractivity (Wildman–Crippen MR) is 84.0 cm³/mol. The lowest BCUT2D eigenvalue weighted by atomic mass is 10.1. The highest BCUT2D eigenvalue weighted by molar-refractivity contribution is 5.87. The minimum atomic E-state index is -0.0579. The third-order valence-corrected chi connectivity index (χ3v) is 3.65. The minimum absolute atomic E-state index is 0.0276. The van der Waals surface area contributed by atoms with Crippen LogP contribution in [0.2, 0.25) is 0 Å². The molecular weight excluding hydrogens is 278 g/mol. The Bertz CT molecular complexity index is 795. The second-order valence-corrected chi connectivity index (χ2v) is 5.09. The molecule has 0 aliphatic carbocycles. The molecule has 5 nitrogen and oxygen atoms in total. The van der Waals surface area contributed by atoms with Crippen LogP contribution in [0.5, 0.6) is 0 Å². The highest BCUT2D eigenvalue weighted by atomic mass is 16.3. The van der Waals surface area contributed by atoms with E-state index >= 15 is 0 Å². The van der Waals surface area contributed by atoms with Crippen molar-refractivity contribution >= 4 is 16.9 Å². The van der Waals surface area contributed by atoms with Gasteiger partial charge in [0.1, 0.15) is 5.65 Å². The SMILES string of the molecule is O=C(Cc1c[nH]c2ncccc12)NCc1ccccc1CO. The number of nitrogens with zero attached hydrogens (tertiary/aromatic N) is 1. The number of aromatic amines is 1. The molecule has 3 aromatic rings. The van der Waals surface area contributed by atoms with Crippen LogP contribution < -0.4 is 5.32 Å². The van der Waals surface area contributed by atoms with Crippen molar-refractivity contribution in [3.05, 3.63) is 65.5 Å². The summed E-state index contributed by atoms with van der Waals surface area (Å²) in [5, 5.41) is 13.1. The minimum Gasteiger partial charge on any atom is -0.392 e. The highest BCUT2D eigenvalue weighted by Gasteiger charge is 2.09. The molecule has 0 atom stereocenters. The number of aliphatic hydroxyl groups excluding tert-OH is 1. The molecule has 112 valence electrons. The molecule has 0 fully saturated rings. The van der Waals surface area contributed by atoms with E-state index in [1.165, 1.54) is 0 Å². The second-order valence-electron chi connectivity index (χ2n) is 5.09. The van der Waals surface area contributed by atoms with Crippen molar-refractivity contribution < 1.29 is 9.90 Å². The van der Waals surface area contributed by atoms with E-state index in [-0.39, 0.29) is 12.5 Å². The van der Waals surface area contributed by atoms with Crippen LogP contribution in [0.15, 0.2) is 48.8 Å². The Balaban J connectivity index is 1.65. The molecule has 3 rings (SSSR count). The van der Waals surface area contributed by atoms with E-state index in [0.717, 1.165) is 27.7 Å². The first-order valence-electron chi connectivity index (χ1n) is 7.13. The van der Waals surface area contributed by atoms with Crippen LogP contribution >= 0.6 is 0 Å². The van der Waals surface area contributed by atoms with Gasteiger partial charge in [0, 0.05) is 24.3 Å². The number of benzene rings is 1. The monoisotopic (exact) mass is 295 g/mol. The van der Waals surface area contributed by atoms with Gasteiger partial charge in [-0.1, -0.05) is 24.3 Å². The summed E-state index contributed by atoms with van der Waals surface area (Å²) in [6.07, 6.45) is 3.83. The van der Waals surface area contributed by atoms with Gasteiger partial charge in [0.25, 0.3) is 0 Å². The first-order chi connectivity index (χ1) is 10.8. The number of carbonyl (C=O) groups is 1. The van der Waals surface area contributed by atoms with Gasteiger partial charge in [-0.2, -0.15) is 0 Å². The Kier molecular flexibility index (Phi) is 4.16. The summed E-state index contributed by atoms with van der Waals surface area (Å²) in [6.45, 7) is 0.385. The Labute approximate surface area is 128 Å². The molecule has 0 aliphatic rings. The molecule has 2 heterocycles. The molecule has 0 radical (unpaired) electrons. The van der Waals surface area contributed by atoms with Gasteiger partial charge < -0.3 is 15.4 Å². The summed E-state index contributed by atoms with van der Waals surface area (Å²) in [5.74, 6) is -0.0579. The number of nitrogens with one attached hydrogen (secondary N) is 2. The molecule has 0 aliphatic heterocycles. The van der Waals surface area contributed by atoms with Crippen LogP contribution in [0, 0.1) is 0 Å². The van der Waals surface area contributed by atoms with Crippen molar-refractivity contribution in [2.75, 3.05) is 0 Å². The maximum Gasteiger partial charge on any atom is 0.224 e. The van der Waals surface area contributed by atoms with E-state index in [2.05, 4.69) is 15.3 Å². The summed E-state index contributed by atoms with van der Waals surface area (Å²) in [7, 11) is 0. The van der Waals surface area contributed by atoms with Crippen molar-refractivity contribution in [2.24, 2.45) is 0 Å². The Morgan fingerprint density at radius 2 is 1.95 bits per heavy atom. The van der Waals surface area contributed by atoms with Gasteiger partial charge in [-0.3, -0.25) is 4.79 Å². The molecule has 3 N–H and O–H groups in total. The van der Waals surface area contributed by atoms with E-state index in [4.69, 9.17) is 0 Å². The fraction of sp³-hybridized carbons (Fsp3) is 0.176. The lowest BCUT2D eigenvalue weighted by molar-refractivity contribution is -0.120. The summed E-state index contributed by atoms with van der Waals surface area (Å²) in [4.78, 5) is 19.4.